The average Bonchev–Trinajstić information content (AvgIpc) is 2.71. The second-order valence-corrected chi connectivity index (χ2v) is 5.92. The standard InChI is InChI=1S/C11H13FN2O3S/c1-8(9-2-4-13-5-3-9)14-7-10(6-11(14)15)18(12,16)17/h2-5,8,10H,6-7H2,1H3. The molecule has 0 aromatic carbocycles. The van der Waals surface area contributed by atoms with E-state index in [4.69, 9.17) is 0 Å². The van der Waals surface area contributed by atoms with Crippen LogP contribution in [0, 0.1) is 0 Å². The molecule has 1 aliphatic rings. The number of hydrogen-bond donors (Lipinski definition) is 0. The van der Waals surface area contributed by atoms with Gasteiger partial charge in [0.05, 0.1) is 6.04 Å². The Morgan fingerprint density at radius 1 is 1.44 bits per heavy atom. The van der Waals surface area contributed by atoms with E-state index in [9.17, 15) is 17.1 Å². The van der Waals surface area contributed by atoms with Crippen LogP contribution < -0.4 is 0 Å². The van der Waals surface area contributed by atoms with Crippen LogP contribution in [0.2, 0.25) is 0 Å². The van der Waals surface area contributed by atoms with Crippen LogP contribution in [0.1, 0.15) is 24.9 Å². The Hall–Kier alpha value is -1.50. The maximum atomic E-state index is 12.9. The highest BCUT2D eigenvalue weighted by Gasteiger charge is 2.40. The lowest BCUT2D eigenvalue weighted by Gasteiger charge is -2.24. The van der Waals surface area contributed by atoms with Gasteiger partial charge in [0.15, 0.2) is 0 Å². The molecule has 1 fully saturated rings. The molecular weight excluding hydrogens is 259 g/mol. The highest BCUT2D eigenvalue weighted by atomic mass is 32.3. The lowest BCUT2D eigenvalue weighted by Crippen LogP contribution is -2.30. The molecule has 2 atom stereocenters. The maximum Gasteiger partial charge on any atom is 0.307 e. The van der Waals surface area contributed by atoms with Crippen molar-refractivity contribution in [1.82, 2.24) is 9.88 Å². The van der Waals surface area contributed by atoms with E-state index in [1.165, 1.54) is 4.90 Å². The van der Waals surface area contributed by atoms with Crippen molar-refractivity contribution in [3.8, 4) is 0 Å². The molecular formula is C11H13FN2O3S. The van der Waals surface area contributed by atoms with Crippen LogP contribution in [0.25, 0.3) is 0 Å². The van der Waals surface area contributed by atoms with E-state index in [-0.39, 0.29) is 24.9 Å². The van der Waals surface area contributed by atoms with Crippen LogP contribution in [-0.4, -0.2) is 36.0 Å². The van der Waals surface area contributed by atoms with E-state index in [0.717, 1.165) is 5.56 Å². The predicted octanol–water partition coefficient (Wildman–Crippen LogP) is 1.04. The van der Waals surface area contributed by atoms with Gasteiger partial charge in [0.2, 0.25) is 5.91 Å². The average molecular weight is 272 g/mol. The molecule has 1 amide bonds. The van der Waals surface area contributed by atoms with Crippen LogP contribution in [0.4, 0.5) is 3.89 Å². The number of halogens is 1. The maximum absolute atomic E-state index is 12.9. The van der Waals surface area contributed by atoms with Crippen molar-refractivity contribution in [3.63, 3.8) is 0 Å². The molecule has 98 valence electrons. The third-order valence-electron chi connectivity index (χ3n) is 3.18. The fourth-order valence-electron chi connectivity index (χ4n) is 2.08. The summed E-state index contributed by atoms with van der Waals surface area (Å²) in [6.07, 6.45) is 2.90. The molecule has 0 bridgehead atoms. The molecule has 1 aliphatic heterocycles. The predicted molar refractivity (Wildman–Crippen MR) is 62.8 cm³/mol. The van der Waals surface area contributed by atoms with Crippen LogP contribution in [0.15, 0.2) is 24.5 Å². The monoisotopic (exact) mass is 272 g/mol. The van der Waals surface area contributed by atoms with E-state index in [0.29, 0.717) is 0 Å². The van der Waals surface area contributed by atoms with Gasteiger partial charge in [-0.25, -0.2) is 0 Å². The first-order chi connectivity index (χ1) is 8.39. The third-order valence-corrected chi connectivity index (χ3v) is 4.29. The first kappa shape index (κ1) is 12.9. The molecule has 7 heteroatoms. The molecule has 0 saturated carbocycles. The van der Waals surface area contributed by atoms with Gasteiger partial charge in [-0.15, -0.1) is 3.89 Å². The summed E-state index contributed by atoms with van der Waals surface area (Å²) in [5.74, 6) is -0.342. The molecule has 2 rings (SSSR count). The number of carbonyl (C=O) groups excluding carboxylic acids is 1. The van der Waals surface area contributed by atoms with E-state index in [1.54, 1.807) is 31.5 Å². The van der Waals surface area contributed by atoms with Crippen LogP contribution in [-0.2, 0) is 15.0 Å². The zero-order chi connectivity index (χ0) is 13.3. The topological polar surface area (TPSA) is 67.3 Å². The number of carbonyl (C=O) groups is 1. The fraction of sp³-hybridized carbons (Fsp3) is 0.455. The summed E-state index contributed by atoms with van der Waals surface area (Å²) < 4.78 is 34.5. The number of amides is 1. The number of rotatable bonds is 3. The van der Waals surface area contributed by atoms with Crippen molar-refractivity contribution in [2.45, 2.75) is 24.6 Å². The highest BCUT2D eigenvalue weighted by Crippen LogP contribution is 2.28. The smallest absolute Gasteiger partial charge is 0.307 e. The number of pyridine rings is 1. The van der Waals surface area contributed by atoms with Crippen molar-refractivity contribution in [2.75, 3.05) is 6.54 Å². The molecule has 1 aromatic heterocycles. The Morgan fingerprint density at radius 2 is 2.06 bits per heavy atom. The second-order valence-electron chi connectivity index (χ2n) is 4.30. The summed E-state index contributed by atoms with van der Waals surface area (Å²) in [5, 5.41) is -1.24. The summed E-state index contributed by atoms with van der Waals surface area (Å²) in [7, 11) is -4.66. The van der Waals surface area contributed by atoms with Gasteiger partial charge in [0, 0.05) is 25.4 Å². The molecule has 0 spiro atoms. The van der Waals surface area contributed by atoms with Gasteiger partial charge < -0.3 is 4.90 Å². The number of nitrogens with zero attached hydrogens (tertiary/aromatic N) is 2. The van der Waals surface area contributed by atoms with E-state index in [1.807, 2.05) is 0 Å². The SMILES string of the molecule is CC(c1ccncc1)N1CC(S(=O)(=O)F)CC1=O. The van der Waals surface area contributed by atoms with Crippen molar-refractivity contribution in [2.24, 2.45) is 0 Å². The first-order valence-corrected chi connectivity index (χ1v) is 6.97. The van der Waals surface area contributed by atoms with Gasteiger partial charge in [-0.2, -0.15) is 8.42 Å². The molecule has 5 nitrogen and oxygen atoms in total. The van der Waals surface area contributed by atoms with Gasteiger partial charge >= 0.3 is 10.2 Å². The third kappa shape index (κ3) is 2.50. The molecule has 0 aliphatic carbocycles. The van der Waals surface area contributed by atoms with Gasteiger partial charge in [0.1, 0.15) is 5.25 Å². The zero-order valence-electron chi connectivity index (χ0n) is 9.78. The molecule has 0 radical (unpaired) electrons. The van der Waals surface area contributed by atoms with Crippen LogP contribution in [0.3, 0.4) is 0 Å². The lowest BCUT2D eigenvalue weighted by molar-refractivity contribution is -0.129. The minimum atomic E-state index is -4.66. The van der Waals surface area contributed by atoms with Gasteiger partial charge in [-0.3, -0.25) is 9.78 Å². The van der Waals surface area contributed by atoms with Gasteiger partial charge in [0.25, 0.3) is 0 Å². The largest absolute Gasteiger partial charge is 0.334 e. The second kappa shape index (κ2) is 4.64. The molecule has 1 aromatic rings. The summed E-state index contributed by atoms with van der Waals surface area (Å²) in [6, 6.07) is 3.21. The Labute approximate surface area is 105 Å². The molecule has 1 saturated heterocycles. The Bertz CT molecular complexity index is 547. The Kier molecular flexibility index (Phi) is 3.34. The molecule has 2 heterocycles. The van der Waals surface area contributed by atoms with Crippen molar-refractivity contribution >= 4 is 16.1 Å². The summed E-state index contributed by atoms with van der Waals surface area (Å²) in [5.41, 5.74) is 0.843. The van der Waals surface area contributed by atoms with Gasteiger partial charge in [-0.05, 0) is 24.6 Å². The fourth-order valence-corrected chi connectivity index (χ4v) is 2.76. The normalized spacial score (nSPS) is 22.2. The highest BCUT2D eigenvalue weighted by molar-refractivity contribution is 7.87. The Morgan fingerprint density at radius 3 is 2.56 bits per heavy atom. The first-order valence-electron chi connectivity index (χ1n) is 5.52. The number of likely N-dealkylation sites (tertiary alicyclic amines) is 1. The molecule has 2 unspecified atom stereocenters. The Balaban J connectivity index is 2.18. The van der Waals surface area contributed by atoms with Crippen molar-refractivity contribution in [3.05, 3.63) is 30.1 Å². The lowest BCUT2D eigenvalue weighted by atomic mass is 10.1. The van der Waals surface area contributed by atoms with Crippen LogP contribution >= 0.6 is 0 Å². The summed E-state index contributed by atoms with van der Waals surface area (Å²) in [4.78, 5) is 17.0. The molecule has 0 N–H and O–H groups in total. The number of hydrogen-bond acceptors (Lipinski definition) is 4. The zero-order valence-corrected chi connectivity index (χ0v) is 10.6. The minimum absolute atomic E-state index is 0.0961. The van der Waals surface area contributed by atoms with Crippen molar-refractivity contribution < 1.29 is 17.1 Å². The van der Waals surface area contributed by atoms with E-state index < -0.39 is 15.5 Å². The summed E-state index contributed by atoms with van der Waals surface area (Å²) >= 11 is 0. The summed E-state index contributed by atoms with van der Waals surface area (Å²) in [6.45, 7) is 1.68. The quantitative estimate of drug-likeness (QED) is 0.771. The minimum Gasteiger partial charge on any atom is -0.334 e. The van der Waals surface area contributed by atoms with Crippen molar-refractivity contribution in [1.29, 1.82) is 0 Å². The van der Waals surface area contributed by atoms with Gasteiger partial charge in [-0.1, -0.05) is 0 Å². The molecule has 18 heavy (non-hydrogen) atoms. The van der Waals surface area contributed by atoms with E-state index >= 15 is 0 Å². The van der Waals surface area contributed by atoms with Crippen LogP contribution in [0.5, 0.6) is 0 Å². The van der Waals surface area contributed by atoms with E-state index in [2.05, 4.69) is 4.98 Å². The number of aromatic nitrogens is 1.